The van der Waals surface area contributed by atoms with Gasteiger partial charge in [0.05, 0.1) is 18.5 Å². The van der Waals surface area contributed by atoms with Crippen molar-refractivity contribution in [1.29, 1.82) is 0 Å². The van der Waals surface area contributed by atoms with Crippen LogP contribution in [0.2, 0.25) is 5.02 Å². The molecule has 0 radical (unpaired) electrons. The summed E-state index contributed by atoms with van der Waals surface area (Å²) in [5.74, 6) is -0.379. The Hall–Kier alpha value is -2.32. The summed E-state index contributed by atoms with van der Waals surface area (Å²) in [6, 6.07) is 9.37. The van der Waals surface area contributed by atoms with Crippen molar-refractivity contribution in [1.82, 2.24) is 5.32 Å². The van der Waals surface area contributed by atoms with Crippen LogP contribution in [0.3, 0.4) is 0 Å². The molecule has 28 heavy (non-hydrogen) atoms. The summed E-state index contributed by atoms with van der Waals surface area (Å²) in [7, 11) is -3.73. The molecule has 0 saturated carbocycles. The normalized spacial score (nSPS) is 12.3. The smallest absolute Gasteiger partial charge is 0.243 e. The molecule has 1 atom stereocenters. The summed E-state index contributed by atoms with van der Waals surface area (Å²) in [5.41, 5.74) is 1.02. The van der Waals surface area contributed by atoms with Crippen LogP contribution in [0.1, 0.15) is 12.5 Å². The molecule has 0 saturated heterocycles. The zero-order valence-electron chi connectivity index (χ0n) is 15.8. The zero-order chi connectivity index (χ0) is 20.9. The van der Waals surface area contributed by atoms with Gasteiger partial charge in [-0.1, -0.05) is 17.7 Å². The van der Waals surface area contributed by atoms with Crippen LogP contribution in [0.15, 0.2) is 42.5 Å². The topological polar surface area (TPSA) is 75.7 Å². The lowest BCUT2D eigenvalue weighted by molar-refractivity contribution is -0.121. The van der Waals surface area contributed by atoms with E-state index in [-0.39, 0.29) is 19.0 Å². The summed E-state index contributed by atoms with van der Waals surface area (Å²) in [6.45, 7) is 3.55. The fraction of sp³-hybridized carbons (Fsp3) is 0.316. The van der Waals surface area contributed by atoms with Crippen LogP contribution >= 0.6 is 11.6 Å². The SMILES string of the molecule is Cc1ccc(Cl)cc1N([C@H](C)C(=O)NCCOc1ccc(F)cc1)S(C)(=O)=O. The van der Waals surface area contributed by atoms with Gasteiger partial charge < -0.3 is 10.1 Å². The number of nitrogens with one attached hydrogen (secondary N) is 1. The van der Waals surface area contributed by atoms with Gasteiger partial charge in [0.2, 0.25) is 15.9 Å². The van der Waals surface area contributed by atoms with E-state index in [9.17, 15) is 17.6 Å². The first kappa shape index (κ1) is 22.0. The van der Waals surface area contributed by atoms with Crippen molar-refractivity contribution in [2.24, 2.45) is 0 Å². The van der Waals surface area contributed by atoms with Crippen LogP contribution in [-0.4, -0.2) is 39.8 Å². The molecule has 2 aromatic rings. The highest BCUT2D eigenvalue weighted by Gasteiger charge is 2.30. The number of carbonyl (C=O) groups is 1. The molecule has 0 unspecified atom stereocenters. The molecule has 2 rings (SSSR count). The second kappa shape index (κ2) is 9.25. The number of sulfonamides is 1. The van der Waals surface area contributed by atoms with Gasteiger partial charge in [0, 0.05) is 5.02 Å². The standard InChI is InChI=1S/C19H22ClFN2O4S/c1-13-4-5-15(20)12-18(13)23(28(3,25)26)14(2)19(24)22-10-11-27-17-8-6-16(21)7-9-17/h4-9,12,14H,10-11H2,1-3H3,(H,22,24)/t14-/m1/s1. The number of rotatable bonds is 8. The van der Waals surface area contributed by atoms with E-state index in [1.54, 1.807) is 19.1 Å². The summed E-state index contributed by atoms with van der Waals surface area (Å²) in [6.07, 6.45) is 1.04. The minimum Gasteiger partial charge on any atom is -0.492 e. The lowest BCUT2D eigenvalue weighted by Crippen LogP contribution is -2.48. The number of nitrogens with zero attached hydrogens (tertiary/aromatic N) is 1. The summed E-state index contributed by atoms with van der Waals surface area (Å²) in [5, 5.41) is 3.01. The average molecular weight is 429 g/mol. The number of hydrogen-bond donors (Lipinski definition) is 1. The van der Waals surface area contributed by atoms with Crippen molar-refractivity contribution in [3.63, 3.8) is 0 Å². The van der Waals surface area contributed by atoms with Gasteiger partial charge in [-0.25, -0.2) is 12.8 Å². The Bertz CT molecular complexity index is 935. The molecule has 0 aliphatic heterocycles. The Labute approximate surface area is 169 Å². The predicted molar refractivity (Wildman–Crippen MR) is 108 cm³/mol. The van der Waals surface area contributed by atoms with Gasteiger partial charge in [-0.2, -0.15) is 0 Å². The first-order chi connectivity index (χ1) is 13.1. The van der Waals surface area contributed by atoms with E-state index < -0.39 is 22.0 Å². The number of hydrogen-bond acceptors (Lipinski definition) is 4. The molecule has 0 aromatic heterocycles. The average Bonchev–Trinajstić information content (AvgIpc) is 2.62. The van der Waals surface area contributed by atoms with E-state index in [0.29, 0.717) is 22.0 Å². The molecule has 1 amide bonds. The third-order valence-corrected chi connectivity index (χ3v) is 5.44. The molecule has 6 nitrogen and oxygen atoms in total. The number of aryl methyl sites for hydroxylation is 1. The molecule has 0 spiro atoms. The molecule has 0 aliphatic carbocycles. The summed E-state index contributed by atoms with van der Waals surface area (Å²) >= 11 is 6.00. The first-order valence-electron chi connectivity index (χ1n) is 8.51. The maximum Gasteiger partial charge on any atom is 0.243 e. The van der Waals surface area contributed by atoms with E-state index in [1.165, 1.54) is 37.3 Å². The summed E-state index contributed by atoms with van der Waals surface area (Å²) < 4.78 is 44.0. The Kier molecular flexibility index (Phi) is 7.26. The van der Waals surface area contributed by atoms with E-state index in [1.807, 2.05) is 0 Å². The highest BCUT2D eigenvalue weighted by Crippen LogP contribution is 2.28. The van der Waals surface area contributed by atoms with Crippen molar-refractivity contribution in [3.05, 3.63) is 58.9 Å². The quantitative estimate of drug-likeness (QED) is 0.655. The van der Waals surface area contributed by atoms with Crippen LogP contribution in [0.25, 0.3) is 0 Å². The van der Waals surface area contributed by atoms with Crippen molar-refractivity contribution in [3.8, 4) is 5.75 Å². The van der Waals surface area contributed by atoms with E-state index in [2.05, 4.69) is 5.32 Å². The number of ether oxygens (including phenoxy) is 1. The van der Waals surface area contributed by atoms with Gasteiger partial charge in [0.25, 0.3) is 0 Å². The molecule has 0 heterocycles. The van der Waals surface area contributed by atoms with Crippen LogP contribution in [-0.2, 0) is 14.8 Å². The van der Waals surface area contributed by atoms with E-state index in [4.69, 9.17) is 16.3 Å². The fourth-order valence-corrected chi connectivity index (χ4v) is 4.01. The minimum absolute atomic E-state index is 0.152. The van der Waals surface area contributed by atoms with Crippen molar-refractivity contribution < 1.29 is 22.3 Å². The fourth-order valence-electron chi connectivity index (χ4n) is 2.62. The predicted octanol–water partition coefficient (Wildman–Crippen LogP) is 3.14. The van der Waals surface area contributed by atoms with Crippen LogP contribution in [0, 0.1) is 12.7 Å². The van der Waals surface area contributed by atoms with Gasteiger partial charge in [0.15, 0.2) is 0 Å². The molecule has 152 valence electrons. The van der Waals surface area contributed by atoms with Crippen LogP contribution < -0.4 is 14.4 Å². The van der Waals surface area contributed by atoms with Gasteiger partial charge in [0.1, 0.15) is 24.2 Å². The maximum absolute atomic E-state index is 12.9. The number of benzene rings is 2. The lowest BCUT2D eigenvalue weighted by atomic mass is 10.2. The summed E-state index contributed by atoms with van der Waals surface area (Å²) in [4.78, 5) is 12.5. The third kappa shape index (κ3) is 5.84. The van der Waals surface area contributed by atoms with Gasteiger partial charge in [-0.15, -0.1) is 0 Å². The third-order valence-electron chi connectivity index (χ3n) is 3.98. The maximum atomic E-state index is 12.9. The largest absolute Gasteiger partial charge is 0.492 e. The number of amides is 1. The minimum atomic E-state index is -3.73. The number of halogens is 2. The van der Waals surface area contributed by atoms with Crippen molar-refractivity contribution >= 4 is 33.2 Å². The van der Waals surface area contributed by atoms with Crippen molar-refractivity contribution in [2.45, 2.75) is 19.9 Å². The Morgan fingerprint density at radius 3 is 2.50 bits per heavy atom. The van der Waals surface area contributed by atoms with Crippen LogP contribution in [0.4, 0.5) is 10.1 Å². The second-order valence-electron chi connectivity index (χ2n) is 6.26. The highest BCUT2D eigenvalue weighted by atomic mass is 35.5. The molecular formula is C19H22ClFN2O4S. The van der Waals surface area contributed by atoms with Gasteiger partial charge in [-0.3, -0.25) is 9.10 Å². The molecule has 2 aromatic carbocycles. The molecule has 9 heteroatoms. The number of anilines is 1. The molecule has 0 fully saturated rings. The molecule has 1 N–H and O–H groups in total. The Morgan fingerprint density at radius 2 is 1.89 bits per heavy atom. The van der Waals surface area contributed by atoms with Crippen LogP contribution in [0.5, 0.6) is 5.75 Å². The van der Waals surface area contributed by atoms with Crippen molar-refractivity contribution in [2.75, 3.05) is 23.7 Å². The zero-order valence-corrected chi connectivity index (χ0v) is 17.3. The molecular weight excluding hydrogens is 407 g/mol. The van der Waals surface area contributed by atoms with E-state index in [0.717, 1.165) is 10.6 Å². The first-order valence-corrected chi connectivity index (χ1v) is 10.7. The monoisotopic (exact) mass is 428 g/mol. The number of carbonyl (C=O) groups excluding carboxylic acids is 1. The molecule has 0 bridgehead atoms. The van der Waals surface area contributed by atoms with E-state index >= 15 is 0 Å². The lowest BCUT2D eigenvalue weighted by Gasteiger charge is -2.29. The Morgan fingerprint density at radius 1 is 1.25 bits per heavy atom. The molecule has 0 aliphatic rings. The van der Waals surface area contributed by atoms with Gasteiger partial charge in [-0.05, 0) is 55.8 Å². The second-order valence-corrected chi connectivity index (χ2v) is 8.55. The van der Waals surface area contributed by atoms with Gasteiger partial charge >= 0.3 is 0 Å². The highest BCUT2D eigenvalue weighted by molar-refractivity contribution is 7.92. The Balaban J connectivity index is 2.03.